The highest BCUT2D eigenvalue weighted by Crippen LogP contribution is 2.10. The van der Waals surface area contributed by atoms with E-state index in [0.717, 1.165) is 37.4 Å². The van der Waals surface area contributed by atoms with Gasteiger partial charge in [0.25, 0.3) is 0 Å². The van der Waals surface area contributed by atoms with Crippen molar-refractivity contribution >= 4 is 0 Å². The Balaban J connectivity index is 2.00. The number of hydrogen-bond acceptors (Lipinski definition) is 4. The highest BCUT2D eigenvalue weighted by atomic mass is 15.5. The standard InChI is InChI=1S/C14H21N5/c1-3-9-15-11-12(2)10-14-16-17-18-19(14)13-7-5-4-6-8-13/h4-8,12,15H,3,9-11H2,1-2H3. The Morgan fingerprint density at radius 1 is 1.26 bits per heavy atom. The zero-order chi connectivity index (χ0) is 13.5. The van der Waals surface area contributed by atoms with Crippen molar-refractivity contribution in [3.63, 3.8) is 0 Å². The number of aromatic nitrogens is 4. The first-order chi connectivity index (χ1) is 9.31. The minimum Gasteiger partial charge on any atom is -0.316 e. The molecular weight excluding hydrogens is 238 g/mol. The van der Waals surface area contributed by atoms with Crippen molar-refractivity contribution in [3.8, 4) is 5.69 Å². The topological polar surface area (TPSA) is 55.6 Å². The van der Waals surface area contributed by atoms with Gasteiger partial charge in [-0.3, -0.25) is 0 Å². The van der Waals surface area contributed by atoms with Crippen molar-refractivity contribution in [2.24, 2.45) is 5.92 Å². The van der Waals surface area contributed by atoms with E-state index in [9.17, 15) is 0 Å². The highest BCUT2D eigenvalue weighted by Gasteiger charge is 2.11. The monoisotopic (exact) mass is 259 g/mol. The molecule has 19 heavy (non-hydrogen) atoms. The molecule has 2 aromatic rings. The van der Waals surface area contributed by atoms with Gasteiger partial charge in [0.15, 0.2) is 5.82 Å². The Bertz CT molecular complexity index is 480. The summed E-state index contributed by atoms with van der Waals surface area (Å²) in [6.45, 7) is 6.45. The van der Waals surface area contributed by atoms with Crippen LogP contribution in [-0.4, -0.2) is 33.3 Å². The molecule has 0 saturated heterocycles. The number of nitrogens with zero attached hydrogens (tertiary/aromatic N) is 4. The molecule has 0 aliphatic rings. The predicted molar refractivity (Wildman–Crippen MR) is 75.2 cm³/mol. The molecule has 0 bridgehead atoms. The molecule has 0 amide bonds. The van der Waals surface area contributed by atoms with Gasteiger partial charge in [-0.25, -0.2) is 0 Å². The fraction of sp³-hybridized carbons (Fsp3) is 0.500. The maximum absolute atomic E-state index is 4.13. The third-order valence-electron chi connectivity index (χ3n) is 2.99. The average molecular weight is 259 g/mol. The second-order valence-electron chi connectivity index (χ2n) is 4.86. The lowest BCUT2D eigenvalue weighted by atomic mass is 10.1. The fourth-order valence-corrected chi connectivity index (χ4v) is 2.01. The first-order valence-corrected chi connectivity index (χ1v) is 6.84. The van der Waals surface area contributed by atoms with Gasteiger partial charge in [-0.05, 0) is 48.0 Å². The smallest absolute Gasteiger partial charge is 0.157 e. The van der Waals surface area contributed by atoms with Crippen LogP contribution in [0.5, 0.6) is 0 Å². The van der Waals surface area contributed by atoms with Gasteiger partial charge in [0, 0.05) is 6.42 Å². The lowest BCUT2D eigenvalue weighted by Gasteiger charge is -2.11. The van der Waals surface area contributed by atoms with Crippen LogP contribution in [0.25, 0.3) is 5.69 Å². The summed E-state index contributed by atoms with van der Waals surface area (Å²) in [5, 5.41) is 15.4. The van der Waals surface area contributed by atoms with Crippen molar-refractivity contribution in [2.45, 2.75) is 26.7 Å². The van der Waals surface area contributed by atoms with E-state index in [1.807, 2.05) is 35.0 Å². The molecule has 1 N–H and O–H groups in total. The van der Waals surface area contributed by atoms with Crippen LogP contribution < -0.4 is 5.32 Å². The number of hydrogen-bond donors (Lipinski definition) is 1. The molecule has 1 heterocycles. The van der Waals surface area contributed by atoms with E-state index >= 15 is 0 Å². The molecule has 0 saturated carbocycles. The summed E-state index contributed by atoms with van der Waals surface area (Å²) < 4.78 is 1.82. The Kier molecular flexibility index (Phi) is 5.03. The first kappa shape index (κ1) is 13.7. The van der Waals surface area contributed by atoms with Crippen LogP contribution in [0.3, 0.4) is 0 Å². The summed E-state index contributed by atoms with van der Waals surface area (Å²) in [6, 6.07) is 10.0. The van der Waals surface area contributed by atoms with E-state index in [-0.39, 0.29) is 0 Å². The second-order valence-corrected chi connectivity index (χ2v) is 4.86. The van der Waals surface area contributed by atoms with Crippen LogP contribution in [0.1, 0.15) is 26.1 Å². The molecule has 102 valence electrons. The Morgan fingerprint density at radius 2 is 2.05 bits per heavy atom. The van der Waals surface area contributed by atoms with E-state index in [4.69, 9.17) is 0 Å². The molecular formula is C14H21N5. The molecule has 1 unspecified atom stereocenters. The maximum Gasteiger partial charge on any atom is 0.157 e. The van der Waals surface area contributed by atoms with Gasteiger partial charge in [0.1, 0.15) is 0 Å². The average Bonchev–Trinajstić information content (AvgIpc) is 2.88. The molecule has 5 heteroatoms. The van der Waals surface area contributed by atoms with Crippen molar-refractivity contribution in [1.29, 1.82) is 0 Å². The number of nitrogens with one attached hydrogen (secondary N) is 1. The van der Waals surface area contributed by atoms with Crippen molar-refractivity contribution < 1.29 is 0 Å². The Hall–Kier alpha value is -1.75. The summed E-state index contributed by atoms with van der Waals surface area (Å²) in [5.41, 5.74) is 1.01. The second kappa shape index (κ2) is 6.99. The van der Waals surface area contributed by atoms with Gasteiger partial charge in [-0.15, -0.1) is 5.10 Å². The van der Waals surface area contributed by atoms with Gasteiger partial charge >= 0.3 is 0 Å². The molecule has 1 atom stereocenters. The summed E-state index contributed by atoms with van der Waals surface area (Å²) >= 11 is 0. The number of tetrazole rings is 1. The van der Waals surface area contributed by atoms with Crippen LogP contribution in [0.4, 0.5) is 0 Å². The molecule has 0 aliphatic heterocycles. The number of para-hydroxylation sites is 1. The quantitative estimate of drug-likeness (QED) is 0.771. The van der Waals surface area contributed by atoms with Crippen LogP contribution >= 0.6 is 0 Å². The summed E-state index contributed by atoms with van der Waals surface area (Å²) in [5.74, 6) is 1.43. The molecule has 0 radical (unpaired) electrons. The Labute approximate surface area is 114 Å². The SMILES string of the molecule is CCCNCC(C)Cc1nnnn1-c1ccccc1. The van der Waals surface area contributed by atoms with Crippen LogP contribution in [0.15, 0.2) is 30.3 Å². The zero-order valence-electron chi connectivity index (χ0n) is 11.6. The van der Waals surface area contributed by atoms with Gasteiger partial charge < -0.3 is 5.32 Å². The Morgan fingerprint density at radius 3 is 2.79 bits per heavy atom. The lowest BCUT2D eigenvalue weighted by Crippen LogP contribution is -2.24. The van der Waals surface area contributed by atoms with Crippen LogP contribution in [-0.2, 0) is 6.42 Å². The normalized spacial score (nSPS) is 12.5. The van der Waals surface area contributed by atoms with Crippen LogP contribution in [0.2, 0.25) is 0 Å². The molecule has 5 nitrogen and oxygen atoms in total. The molecule has 0 fully saturated rings. The third-order valence-corrected chi connectivity index (χ3v) is 2.99. The number of benzene rings is 1. The van der Waals surface area contributed by atoms with E-state index in [1.54, 1.807) is 0 Å². The van der Waals surface area contributed by atoms with Crippen LogP contribution in [0, 0.1) is 5.92 Å². The van der Waals surface area contributed by atoms with Gasteiger partial charge in [-0.2, -0.15) is 4.68 Å². The van der Waals surface area contributed by atoms with E-state index in [1.165, 1.54) is 0 Å². The maximum atomic E-state index is 4.13. The minimum absolute atomic E-state index is 0.514. The summed E-state index contributed by atoms with van der Waals surface area (Å²) in [4.78, 5) is 0. The van der Waals surface area contributed by atoms with Crippen molar-refractivity contribution in [2.75, 3.05) is 13.1 Å². The largest absolute Gasteiger partial charge is 0.316 e. The minimum atomic E-state index is 0.514. The van der Waals surface area contributed by atoms with Gasteiger partial charge in [0.05, 0.1) is 5.69 Å². The summed E-state index contributed by atoms with van der Waals surface area (Å²) in [7, 11) is 0. The van der Waals surface area contributed by atoms with Gasteiger partial charge in [0.2, 0.25) is 0 Å². The fourth-order valence-electron chi connectivity index (χ4n) is 2.01. The molecule has 0 spiro atoms. The van der Waals surface area contributed by atoms with Gasteiger partial charge in [-0.1, -0.05) is 32.0 Å². The van der Waals surface area contributed by atoms with E-state index in [0.29, 0.717) is 5.92 Å². The third kappa shape index (κ3) is 3.86. The molecule has 0 aliphatic carbocycles. The van der Waals surface area contributed by atoms with Crippen molar-refractivity contribution in [1.82, 2.24) is 25.5 Å². The predicted octanol–water partition coefficient (Wildman–Crippen LogP) is 1.84. The zero-order valence-corrected chi connectivity index (χ0v) is 11.6. The number of rotatable bonds is 7. The van der Waals surface area contributed by atoms with E-state index < -0.39 is 0 Å². The lowest BCUT2D eigenvalue weighted by molar-refractivity contribution is 0.495. The first-order valence-electron chi connectivity index (χ1n) is 6.84. The highest BCUT2D eigenvalue weighted by molar-refractivity contribution is 5.30. The summed E-state index contributed by atoms with van der Waals surface area (Å²) in [6.07, 6.45) is 2.03. The molecule has 1 aromatic carbocycles. The molecule has 2 rings (SSSR count). The molecule has 1 aromatic heterocycles. The van der Waals surface area contributed by atoms with E-state index in [2.05, 4.69) is 34.7 Å². The van der Waals surface area contributed by atoms with Crippen molar-refractivity contribution in [3.05, 3.63) is 36.2 Å².